The number of H-pyrrole nitrogens is 1. The Kier molecular flexibility index (Phi) is 2.67. The predicted octanol–water partition coefficient (Wildman–Crippen LogP) is 1.17. The van der Waals surface area contributed by atoms with E-state index in [0.717, 1.165) is 23.6 Å². The second-order valence-electron chi connectivity index (χ2n) is 3.53. The van der Waals surface area contributed by atoms with Gasteiger partial charge in [0.15, 0.2) is 0 Å². The molecule has 0 radical (unpaired) electrons. The zero-order valence-corrected chi connectivity index (χ0v) is 8.58. The van der Waals surface area contributed by atoms with Crippen molar-refractivity contribution in [3.05, 3.63) is 34.9 Å². The number of carbonyl (C=O) groups is 1. The second kappa shape index (κ2) is 4.13. The number of imidazole rings is 1. The van der Waals surface area contributed by atoms with Crippen LogP contribution in [0.4, 0.5) is 0 Å². The van der Waals surface area contributed by atoms with E-state index in [4.69, 9.17) is 0 Å². The molecule has 78 valence electrons. The van der Waals surface area contributed by atoms with Crippen LogP contribution < -0.4 is 5.32 Å². The SMILES string of the molecule is CC1=CCc2[nH]c(CNC=O)nc2C=C1. The summed E-state index contributed by atoms with van der Waals surface area (Å²) in [5.41, 5.74) is 3.31. The van der Waals surface area contributed by atoms with Gasteiger partial charge in [-0.2, -0.15) is 0 Å². The Morgan fingerprint density at radius 3 is 3.27 bits per heavy atom. The van der Waals surface area contributed by atoms with Gasteiger partial charge in [0.1, 0.15) is 5.82 Å². The Labute approximate surface area is 88.1 Å². The van der Waals surface area contributed by atoms with Crippen LogP contribution in [0.3, 0.4) is 0 Å². The van der Waals surface area contributed by atoms with Gasteiger partial charge in [0, 0.05) is 12.1 Å². The summed E-state index contributed by atoms with van der Waals surface area (Å²) < 4.78 is 0. The van der Waals surface area contributed by atoms with Crippen LogP contribution in [0.2, 0.25) is 0 Å². The second-order valence-corrected chi connectivity index (χ2v) is 3.53. The summed E-state index contributed by atoms with van der Waals surface area (Å²) >= 11 is 0. The summed E-state index contributed by atoms with van der Waals surface area (Å²) in [6.07, 6.45) is 7.73. The molecular formula is C11H13N3O. The molecule has 15 heavy (non-hydrogen) atoms. The topological polar surface area (TPSA) is 57.8 Å². The van der Waals surface area contributed by atoms with Crippen molar-refractivity contribution >= 4 is 12.5 Å². The van der Waals surface area contributed by atoms with Gasteiger partial charge in [0.25, 0.3) is 0 Å². The molecule has 0 aromatic carbocycles. The zero-order chi connectivity index (χ0) is 10.7. The number of hydrogen-bond acceptors (Lipinski definition) is 2. The summed E-state index contributed by atoms with van der Waals surface area (Å²) in [7, 11) is 0. The van der Waals surface area contributed by atoms with E-state index in [-0.39, 0.29) is 0 Å². The fraction of sp³-hybridized carbons (Fsp3) is 0.273. The smallest absolute Gasteiger partial charge is 0.207 e. The number of aromatic amines is 1. The molecule has 0 spiro atoms. The summed E-state index contributed by atoms with van der Waals surface area (Å²) in [5, 5.41) is 2.58. The maximum absolute atomic E-state index is 10.1. The first-order chi connectivity index (χ1) is 7.29. The minimum absolute atomic E-state index is 0.451. The number of rotatable bonds is 3. The van der Waals surface area contributed by atoms with E-state index >= 15 is 0 Å². The van der Waals surface area contributed by atoms with Crippen molar-refractivity contribution in [1.29, 1.82) is 0 Å². The number of fused-ring (bicyclic) bond motifs is 1. The van der Waals surface area contributed by atoms with Crippen LogP contribution in [-0.2, 0) is 17.8 Å². The van der Waals surface area contributed by atoms with Crippen LogP contribution in [0.5, 0.6) is 0 Å². The molecule has 0 saturated carbocycles. The number of carbonyl (C=O) groups excluding carboxylic acids is 1. The van der Waals surface area contributed by atoms with Crippen molar-refractivity contribution in [2.24, 2.45) is 0 Å². The molecule has 1 aliphatic rings. The first-order valence-corrected chi connectivity index (χ1v) is 4.89. The van der Waals surface area contributed by atoms with Crippen LogP contribution in [0, 0.1) is 0 Å². The summed E-state index contributed by atoms with van der Waals surface area (Å²) in [4.78, 5) is 17.7. The molecule has 1 amide bonds. The van der Waals surface area contributed by atoms with Gasteiger partial charge in [-0.05, 0) is 13.0 Å². The highest BCUT2D eigenvalue weighted by molar-refractivity contribution is 5.54. The highest BCUT2D eigenvalue weighted by atomic mass is 16.1. The maximum atomic E-state index is 10.1. The number of nitrogens with one attached hydrogen (secondary N) is 2. The van der Waals surface area contributed by atoms with Crippen LogP contribution in [0.25, 0.3) is 6.08 Å². The Morgan fingerprint density at radius 1 is 1.60 bits per heavy atom. The lowest BCUT2D eigenvalue weighted by Gasteiger charge is -1.93. The van der Waals surface area contributed by atoms with Crippen LogP contribution in [0.1, 0.15) is 24.1 Å². The van der Waals surface area contributed by atoms with E-state index in [0.29, 0.717) is 13.0 Å². The van der Waals surface area contributed by atoms with Crippen molar-refractivity contribution in [2.45, 2.75) is 19.9 Å². The Morgan fingerprint density at radius 2 is 2.47 bits per heavy atom. The van der Waals surface area contributed by atoms with Crippen LogP contribution in [-0.4, -0.2) is 16.4 Å². The lowest BCUT2D eigenvalue weighted by Crippen LogP contribution is -2.10. The molecule has 1 heterocycles. The van der Waals surface area contributed by atoms with Gasteiger partial charge in [0.2, 0.25) is 6.41 Å². The lowest BCUT2D eigenvalue weighted by molar-refractivity contribution is -0.109. The number of hydrogen-bond donors (Lipinski definition) is 2. The number of allylic oxidation sites excluding steroid dienone is 3. The number of amides is 1. The summed E-state index contributed by atoms with van der Waals surface area (Å²) in [6.45, 7) is 2.52. The molecule has 2 rings (SSSR count). The molecule has 4 nitrogen and oxygen atoms in total. The first kappa shape index (κ1) is 9.71. The molecule has 1 aliphatic carbocycles. The van der Waals surface area contributed by atoms with Crippen molar-refractivity contribution in [2.75, 3.05) is 0 Å². The van der Waals surface area contributed by atoms with Gasteiger partial charge in [-0.3, -0.25) is 4.79 Å². The Hall–Kier alpha value is -1.84. The molecular weight excluding hydrogens is 190 g/mol. The fourth-order valence-electron chi connectivity index (χ4n) is 1.54. The van der Waals surface area contributed by atoms with E-state index in [9.17, 15) is 4.79 Å². The average Bonchev–Trinajstić information content (AvgIpc) is 2.55. The molecule has 1 aromatic rings. The van der Waals surface area contributed by atoms with E-state index in [2.05, 4.69) is 28.3 Å². The van der Waals surface area contributed by atoms with Crippen molar-refractivity contribution in [3.8, 4) is 0 Å². The first-order valence-electron chi connectivity index (χ1n) is 4.89. The van der Waals surface area contributed by atoms with Gasteiger partial charge in [0.05, 0.1) is 12.2 Å². The van der Waals surface area contributed by atoms with Gasteiger partial charge in [-0.1, -0.05) is 17.7 Å². The molecule has 0 atom stereocenters. The molecule has 4 heteroatoms. The van der Waals surface area contributed by atoms with Crippen molar-refractivity contribution in [3.63, 3.8) is 0 Å². The normalized spacial score (nSPS) is 14.1. The average molecular weight is 203 g/mol. The number of aromatic nitrogens is 2. The van der Waals surface area contributed by atoms with E-state index < -0.39 is 0 Å². The van der Waals surface area contributed by atoms with Crippen LogP contribution >= 0.6 is 0 Å². The van der Waals surface area contributed by atoms with Crippen LogP contribution in [0.15, 0.2) is 17.7 Å². The van der Waals surface area contributed by atoms with Crippen molar-refractivity contribution in [1.82, 2.24) is 15.3 Å². The third kappa shape index (κ3) is 2.15. The molecule has 0 fully saturated rings. The minimum atomic E-state index is 0.451. The molecule has 2 N–H and O–H groups in total. The number of nitrogens with zero attached hydrogens (tertiary/aromatic N) is 1. The van der Waals surface area contributed by atoms with E-state index in [1.807, 2.05) is 12.2 Å². The zero-order valence-electron chi connectivity index (χ0n) is 8.58. The highest BCUT2D eigenvalue weighted by Gasteiger charge is 2.08. The third-order valence-electron chi connectivity index (χ3n) is 2.34. The Balaban J connectivity index is 2.20. The molecule has 0 unspecified atom stereocenters. The van der Waals surface area contributed by atoms with E-state index in [1.54, 1.807) is 0 Å². The Bertz CT molecular complexity index is 429. The lowest BCUT2D eigenvalue weighted by atomic mass is 10.2. The van der Waals surface area contributed by atoms with Gasteiger partial charge in [-0.15, -0.1) is 0 Å². The summed E-state index contributed by atoms with van der Waals surface area (Å²) in [5.74, 6) is 0.796. The van der Waals surface area contributed by atoms with Gasteiger partial charge < -0.3 is 10.3 Å². The fourth-order valence-corrected chi connectivity index (χ4v) is 1.54. The third-order valence-corrected chi connectivity index (χ3v) is 2.34. The molecule has 0 aliphatic heterocycles. The van der Waals surface area contributed by atoms with Gasteiger partial charge >= 0.3 is 0 Å². The minimum Gasteiger partial charge on any atom is -0.351 e. The maximum Gasteiger partial charge on any atom is 0.207 e. The largest absolute Gasteiger partial charge is 0.351 e. The molecule has 0 bridgehead atoms. The molecule has 0 saturated heterocycles. The monoisotopic (exact) mass is 203 g/mol. The van der Waals surface area contributed by atoms with E-state index in [1.165, 1.54) is 5.57 Å². The molecule has 1 aromatic heterocycles. The summed E-state index contributed by atoms with van der Waals surface area (Å²) in [6, 6.07) is 0. The quantitative estimate of drug-likeness (QED) is 0.724. The highest BCUT2D eigenvalue weighted by Crippen LogP contribution is 2.15. The van der Waals surface area contributed by atoms with Gasteiger partial charge in [-0.25, -0.2) is 4.98 Å². The predicted molar refractivity (Wildman–Crippen MR) is 58.0 cm³/mol. The van der Waals surface area contributed by atoms with Crippen molar-refractivity contribution < 1.29 is 4.79 Å². The standard InChI is InChI=1S/C11H13N3O/c1-8-2-4-9-10(5-3-8)14-11(13-9)6-12-7-15/h2-4,7H,5-6H2,1H3,(H,12,15)(H,13,14).